The molecule has 0 amide bonds. The van der Waals surface area contributed by atoms with Crippen LogP contribution in [0.4, 0.5) is 0 Å². The van der Waals surface area contributed by atoms with Crippen LogP contribution in [-0.2, 0) is 4.74 Å². The molecule has 1 aromatic rings. The van der Waals surface area contributed by atoms with Gasteiger partial charge in [-0.25, -0.2) is 14.8 Å². The third-order valence-electron chi connectivity index (χ3n) is 1.68. The Labute approximate surface area is 110 Å². The Bertz CT molecular complexity index is 394. The molecule has 0 aromatic carbocycles. The van der Waals surface area contributed by atoms with E-state index in [9.17, 15) is 4.79 Å². The van der Waals surface area contributed by atoms with Gasteiger partial charge < -0.3 is 4.74 Å². The van der Waals surface area contributed by atoms with Crippen molar-refractivity contribution in [3.05, 3.63) is 11.9 Å². The van der Waals surface area contributed by atoms with Crippen LogP contribution in [0.2, 0.25) is 0 Å². The highest BCUT2D eigenvalue weighted by molar-refractivity contribution is 7.99. The van der Waals surface area contributed by atoms with Gasteiger partial charge in [-0.15, -0.1) is 23.5 Å². The van der Waals surface area contributed by atoms with Gasteiger partial charge in [0, 0.05) is 6.07 Å². The van der Waals surface area contributed by atoms with Gasteiger partial charge in [-0.1, -0.05) is 0 Å². The third kappa shape index (κ3) is 4.55. The molecule has 0 saturated carbocycles. The summed E-state index contributed by atoms with van der Waals surface area (Å²) in [6, 6.07) is 1.85. The highest BCUT2D eigenvalue weighted by Gasteiger charge is 2.21. The van der Waals surface area contributed by atoms with E-state index in [1.807, 2.05) is 39.3 Å². The Hall–Kier alpha value is -0.750. The number of ether oxygens (including phenoxy) is 1. The Morgan fingerprint density at radius 3 is 2.00 bits per heavy atom. The first-order valence-electron chi connectivity index (χ1n) is 5.06. The van der Waals surface area contributed by atoms with Crippen LogP contribution < -0.4 is 0 Å². The SMILES string of the molecule is CSc1cc(SC)nc(C(=O)OC(C)(C)C)n1. The van der Waals surface area contributed by atoms with Crippen molar-refractivity contribution in [3.8, 4) is 0 Å². The van der Waals surface area contributed by atoms with Crippen molar-refractivity contribution in [1.29, 1.82) is 0 Å². The fourth-order valence-electron chi connectivity index (χ4n) is 1.03. The van der Waals surface area contributed by atoms with Crippen molar-refractivity contribution in [2.75, 3.05) is 12.5 Å². The number of rotatable bonds is 3. The molecule has 0 unspecified atom stereocenters. The number of carbonyl (C=O) groups is 1. The molecule has 1 heterocycles. The molecule has 0 N–H and O–H groups in total. The quantitative estimate of drug-likeness (QED) is 0.479. The van der Waals surface area contributed by atoms with E-state index in [4.69, 9.17) is 4.74 Å². The van der Waals surface area contributed by atoms with Gasteiger partial charge in [0.1, 0.15) is 15.7 Å². The minimum atomic E-state index is -0.532. The van der Waals surface area contributed by atoms with Crippen molar-refractivity contribution in [3.63, 3.8) is 0 Å². The lowest BCUT2D eigenvalue weighted by Crippen LogP contribution is -2.25. The normalized spacial score (nSPS) is 11.4. The zero-order chi connectivity index (χ0) is 13.1. The average molecular weight is 272 g/mol. The minimum Gasteiger partial charge on any atom is -0.454 e. The predicted molar refractivity (Wildman–Crippen MR) is 70.8 cm³/mol. The number of thioether (sulfide) groups is 2. The minimum absolute atomic E-state index is 0.121. The first kappa shape index (κ1) is 14.3. The van der Waals surface area contributed by atoms with E-state index >= 15 is 0 Å². The maximum atomic E-state index is 11.8. The Kier molecular flexibility index (Phi) is 4.82. The van der Waals surface area contributed by atoms with E-state index in [-0.39, 0.29) is 5.82 Å². The van der Waals surface area contributed by atoms with Gasteiger partial charge in [-0.3, -0.25) is 0 Å². The van der Waals surface area contributed by atoms with Gasteiger partial charge in [-0.05, 0) is 33.3 Å². The molecule has 0 bridgehead atoms. The van der Waals surface area contributed by atoms with Crippen LogP contribution in [0.3, 0.4) is 0 Å². The Balaban J connectivity index is 3.00. The van der Waals surface area contributed by atoms with Crippen LogP contribution in [-0.4, -0.2) is 34.0 Å². The maximum Gasteiger partial charge on any atom is 0.376 e. The van der Waals surface area contributed by atoms with E-state index in [1.165, 1.54) is 23.5 Å². The lowest BCUT2D eigenvalue weighted by molar-refractivity contribution is 0.00537. The van der Waals surface area contributed by atoms with Crippen molar-refractivity contribution in [2.45, 2.75) is 36.4 Å². The van der Waals surface area contributed by atoms with Crippen LogP contribution in [0.15, 0.2) is 16.1 Å². The lowest BCUT2D eigenvalue weighted by Gasteiger charge is -2.18. The summed E-state index contributed by atoms with van der Waals surface area (Å²) in [5.41, 5.74) is -0.532. The fourth-order valence-corrected chi connectivity index (χ4v) is 1.92. The topological polar surface area (TPSA) is 52.1 Å². The molecular formula is C11H16N2O2S2. The molecule has 0 fully saturated rings. The largest absolute Gasteiger partial charge is 0.454 e. The molecule has 0 aliphatic heterocycles. The third-order valence-corrected chi connectivity index (χ3v) is 2.93. The van der Waals surface area contributed by atoms with E-state index in [1.54, 1.807) is 0 Å². The number of carbonyl (C=O) groups excluding carboxylic acids is 1. The molecule has 0 radical (unpaired) electrons. The van der Waals surface area contributed by atoms with Crippen molar-refractivity contribution < 1.29 is 9.53 Å². The summed E-state index contributed by atoms with van der Waals surface area (Å²) in [6.07, 6.45) is 3.82. The van der Waals surface area contributed by atoms with Gasteiger partial charge >= 0.3 is 5.97 Å². The van der Waals surface area contributed by atoms with Crippen LogP contribution in [0.25, 0.3) is 0 Å². The number of hydrogen-bond acceptors (Lipinski definition) is 6. The van der Waals surface area contributed by atoms with Gasteiger partial charge in [0.2, 0.25) is 5.82 Å². The van der Waals surface area contributed by atoms with Crippen molar-refractivity contribution >= 4 is 29.5 Å². The molecule has 0 aliphatic rings. The van der Waals surface area contributed by atoms with Gasteiger partial charge in [-0.2, -0.15) is 0 Å². The zero-order valence-corrected chi connectivity index (χ0v) is 12.2. The highest BCUT2D eigenvalue weighted by Crippen LogP contribution is 2.20. The highest BCUT2D eigenvalue weighted by atomic mass is 32.2. The smallest absolute Gasteiger partial charge is 0.376 e. The summed E-state index contributed by atoms with van der Waals surface area (Å²) in [7, 11) is 0. The molecule has 1 rings (SSSR count). The first-order chi connectivity index (χ1) is 7.85. The molecule has 0 atom stereocenters. The van der Waals surface area contributed by atoms with Crippen LogP contribution in [0.1, 0.15) is 31.4 Å². The molecule has 17 heavy (non-hydrogen) atoms. The van der Waals surface area contributed by atoms with E-state index in [2.05, 4.69) is 9.97 Å². The zero-order valence-electron chi connectivity index (χ0n) is 10.6. The molecule has 1 aromatic heterocycles. The van der Waals surface area contributed by atoms with Crippen LogP contribution in [0.5, 0.6) is 0 Å². The number of aromatic nitrogens is 2. The first-order valence-corrected chi connectivity index (χ1v) is 7.51. The second-order valence-corrected chi connectivity index (χ2v) is 5.93. The summed E-state index contributed by atoms with van der Waals surface area (Å²) >= 11 is 2.95. The van der Waals surface area contributed by atoms with E-state index in [0.717, 1.165) is 10.1 Å². The summed E-state index contributed by atoms with van der Waals surface area (Å²) in [5, 5.41) is 1.54. The molecule has 6 heteroatoms. The summed E-state index contributed by atoms with van der Waals surface area (Å²) in [6.45, 7) is 5.45. The Morgan fingerprint density at radius 2 is 1.65 bits per heavy atom. The second kappa shape index (κ2) is 5.73. The second-order valence-electron chi connectivity index (χ2n) is 4.28. The predicted octanol–water partition coefficient (Wildman–Crippen LogP) is 2.88. The monoisotopic (exact) mass is 272 g/mol. The fraction of sp³-hybridized carbons (Fsp3) is 0.545. The van der Waals surface area contributed by atoms with E-state index < -0.39 is 11.6 Å². The maximum absolute atomic E-state index is 11.8. The van der Waals surface area contributed by atoms with Crippen molar-refractivity contribution in [2.24, 2.45) is 0 Å². The molecule has 0 aliphatic carbocycles. The van der Waals surface area contributed by atoms with Gasteiger partial charge in [0.15, 0.2) is 0 Å². The molecular weight excluding hydrogens is 256 g/mol. The summed E-state index contributed by atoms with van der Waals surface area (Å²) in [4.78, 5) is 20.1. The molecule has 4 nitrogen and oxygen atoms in total. The number of esters is 1. The van der Waals surface area contributed by atoms with Gasteiger partial charge in [0.25, 0.3) is 0 Å². The van der Waals surface area contributed by atoms with Crippen LogP contribution >= 0.6 is 23.5 Å². The summed E-state index contributed by atoms with van der Waals surface area (Å²) < 4.78 is 5.24. The number of hydrogen-bond donors (Lipinski definition) is 0. The summed E-state index contributed by atoms with van der Waals surface area (Å²) in [5.74, 6) is -0.361. The number of nitrogens with zero attached hydrogens (tertiary/aromatic N) is 2. The molecule has 0 saturated heterocycles. The van der Waals surface area contributed by atoms with Crippen molar-refractivity contribution in [1.82, 2.24) is 9.97 Å². The average Bonchev–Trinajstić information content (AvgIpc) is 2.26. The van der Waals surface area contributed by atoms with Crippen LogP contribution in [0, 0.1) is 0 Å². The van der Waals surface area contributed by atoms with Gasteiger partial charge in [0.05, 0.1) is 0 Å². The standard InChI is InChI=1S/C11H16N2O2S2/c1-11(2,3)15-10(14)9-12-7(16-4)6-8(13-9)17-5/h6H,1-5H3. The molecule has 0 spiro atoms. The molecule has 94 valence electrons. The van der Waals surface area contributed by atoms with E-state index in [0.29, 0.717) is 0 Å². The Morgan fingerprint density at radius 1 is 1.18 bits per heavy atom. The lowest BCUT2D eigenvalue weighted by atomic mass is 10.2.